The lowest BCUT2D eigenvalue weighted by molar-refractivity contribution is -0.291. The van der Waals surface area contributed by atoms with Gasteiger partial charge in [0.05, 0.1) is 71.7 Å². The van der Waals surface area contributed by atoms with Crippen molar-refractivity contribution in [3.05, 3.63) is 164 Å². The Morgan fingerprint density at radius 2 is 1.02 bits per heavy atom. The van der Waals surface area contributed by atoms with Gasteiger partial charge in [-0.25, -0.2) is 8.78 Å². The van der Waals surface area contributed by atoms with Gasteiger partial charge in [-0.3, -0.25) is 19.6 Å². The smallest absolute Gasteiger partial charge is 0.308 e. The predicted molar refractivity (Wildman–Crippen MR) is 351 cm³/mol. The van der Waals surface area contributed by atoms with Crippen LogP contribution >= 0.6 is 15.9 Å². The summed E-state index contributed by atoms with van der Waals surface area (Å²) in [4.78, 5) is 36.0. The summed E-state index contributed by atoms with van der Waals surface area (Å²) >= 11 is 3.68. The molecule has 11 nitrogen and oxygen atoms in total. The Morgan fingerprint density at radius 1 is 0.618 bits per heavy atom. The van der Waals surface area contributed by atoms with E-state index in [9.17, 15) is 23.6 Å². The van der Waals surface area contributed by atoms with Crippen LogP contribution in [0.4, 0.5) is 8.78 Å². The number of pyridine rings is 2. The molecule has 14 heteroatoms. The number of ether oxygens (including phenoxy) is 6. The quantitative estimate of drug-likeness (QED) is 0.108. The first-order chi connectivity index (χ1) is 41.9. The maximum absolute atomic E-state index is 14.2. The molecule has 4 aliphatic rings. The third-order valence-electron chi connectivity index (χ3n) is 16.0. The molecular weight excluding hydrogens is 1190 g/mol. The number of carbonyl (C=O) groups excluding carboxylic acids is 2. The van der Waals surface area contributed by atoms with Crippen LogP contribution in [0.3, 0.4) is 0 Å². The van der Waals surface area contributed by atoms with E-state index >= 15 is 0 Å². The fourth-order valence-corrected chi connectivity index (χ4v) is 13.0. The average Bonchev–Trinajstić information content (AvgIpc) is 1.78. The lowest BCUT2D eigenvalue weighted by Gasteiger charge is -2.40. The van der Waals surface area contributed by atoms with Crippen molar-refractivity contribution >= 4 is 40.0 Å². The number of rotatable bonds is 12. The Bertz CT molecular complexity index is 3680. The molecule has 4 aromatic carbocycles. The number of nitriles is 1. The normalized spacial score (nSPS) is 19.7. The van der Waals surface area contributed by atoms with E-state index in [1.165, 1.54) is 41.0 Å². The molecule has 2 fully saturated rings. The van der Waals surface area contributed by atoms with Gasteiger partial charge in [0.15, 0.2) is 11.6 Å². The molecule has 0 amide bonds. The van der Waals surface area contributed by atoms with Crippen LogP contribution in [0.1, 0.15) is 198 Å². The molecule has 0 unspecified atom stereocenters. The predicted octanol–water partition coefficient (Wildman–Crippen LogP) is 18.3. The number of hydrogen-bond acceptors (Lipinski definition) is 11. The van der Waals surface area contributed by atoms with E-state index < -0.39 is 22.8 Å². The van der Waals surface area contributed by atoms with Gasteiger partial charge in [-0.2, -0.15) is 5.26 Å². The molecule has 4 atom stereocenters. The van der Waals surface area contributed by atoms with Crippen molar-refractivity contribution < 1.29 is 46.8 Å². The zero-order chi connectivity index (χ0) is 64.3. The van der Waals surface area contributed by atoms with E-state index in [4.69, 9.17) is 38.4 Å². The zero-order valence-corrected chi connectivity index (χ0v) is 55.8. The van der Waals surface area contributed by atoms with Crippen LogP contribution in [0.5, 0.6) is 0 Å². The van der Waals surface area contributed by atoms with Crippen LogP contribution in [0.2, 0.25) is 0 Å². The van der Waals surface area contributed by atoms with Crippen LogP contribution in [0.25, 0.3) is 56.9 Å². The van der Waals surface area contributed by atoms with Gasteiger partial charge in [0.1, 0.15) is 22.8 Å². The van der Waals surface area contributed by atoms with Crippen molar-refractivity contribution in [2.75, 3.05) is 0 Å². The zero-order valence-electron chi connectivity index (χ0n) is 54.2. The number of esters is 2. The monoisotopic (exact) mass is 1270 g/mol. The molecule has 0 N–H and O–H groups in total. The van der Waals surface area contributed by atoms with Crippen molar-refractivity contribution in [2.24, 2.45) is 0 Å². The molecule has 89 heavy (non-hydrogen) atoms. The van der Waals surface area contributed by atoms with Gasteiger partial charge in [-0.1, -0.05) is 104 Å². The summed E-state index contributed by atoms with van der Waals surface area (Å²) in [6.07, 6.45) is 13.7. The molecule has 10 rings (SSSR count). The fraction of sp³-hybridized carbons (Fsp3) is 0.453. The number of carbonyl (C=O) groups is 2. The molecule has 0 bridgehead atoms. The second-order valence-electron chi connectivity index (χ2n) is 27.4. The number of aryl methyl sites for hydroxylation is 2. The maximum atomic E-state index is 14.2. The van der Waals surface area contributed by atoms with Crippen molar-refractivity contribution in [3.63, 3.8) is 0 Å². The Labute approximate surface area is 533 Å². The highest BCUT2D eigenvalue weighted by Crippen LogP contribution is 2.45. The molecular formula is C75H86BrF2N3O8. The maximum Gasteiger partial charge on any atom is 0.308 e. The van der Waals surface area contributed by atoms with E-state index in [0.717, 1.165) is 116 Å². The molecule has 0 saturated carbocycles. The van der Waals surface area contributed by atoms with E-state index in [1.807, 2.05) is 118 Å². The molecule has 0 spiro atoms. The molecule has 0 radical (unpaired) electrons. The summed E-state index contributed by atoms with van der Waals surface area (Å²) in [6, 6.07) is 28.0. The average molecular weight is 1280 g/mol. The second-order valence-corrected chi connectivity index (χ2v) is 28.3. The van der Waals surface area contributed by atoms with E-state index in [0.29, 0.717) is 18.4 Å². The third-order valence-corrected chi connectivity index (χ3v) is 16.5. The van der Waals surface area contributed by atoms with Gasteiger partial charge in [-0.15, -0.1) is 0 Å². The van der Waals surface area contributed by atoms with Gasteiger partial charge in [0.25, 0.3) is 0 Å². The summed E-state index contributed by atoms with van der Waals surface area (Å²) in [5.41, 5.74) is 16.1. The number of aromatic nitrogens is 2. The highest BCUT2D eigenvalue weighted by atomic mass is 79.9. The second kappa shape index (κ2) is 27.4. The van der Waals surface area contributed by atoms with Gasteiger partial charge in [0, 0.05) is 39.6 Å². The van der Waals surface area contributed by atoms with Crippen molar-refractivity contribution in [1.82, 2.24) is 9.97 Å². The molecule has 470 valence electrons. The van der Waals surface area contributed by atoms with E-state index in [2.05, 4.69) is 86.1 Å². The minimum Gasteiger partial charge on any atom is -0.460 e. The van der Waals surface area contributed by atoms with E-state index in [-0.39, 0.29) is 72.7 Å². The number of nitrogens with zero attached hydrogens (tertiary/aromatic N) is 3. The minimum absolute atomic E-state index is 0.0759. The van der Waals surface area contributed by atoms with Crippen molar-refractivity contribution in [2.45, 2.75) is 220 Å². The SMILES string of the molecule is CC(C)c1nc2c(c(-c3ccc(F)cc3)c1/C=C/[C@@H]1C[C@H](CC(=O)OC(C)(C)C)OC(C)(C)O1)CCCc1ccc(Br)cc1-2.CC(C)c1nc2c(c(-c3ccc(F)cc3)c1/C=C/[C@@H]1C[C@H](CC(=O)OC(C)(C)C)OC(C)(C)O1)CCCc1ccc(C#N)cc1-2. The van der Waals surface area contributed by atoms with Gasteiger partial charge in [0.2, 0.25) is 0 Å². The van der Waals surface area contributed by atoms with Crippen molar-refractivity contribution in [3.8, 4) is 50.8 Å². The number of benzene rings is 4. The Morgan fingerprint density at radius 3 is 1.42 bits per heavy atom. The van der Waals surface area contributed by atoms with Crippen LogP contribution < -0.4 is 0 Å². The summed E-state index contributed by atoms with van der Waals surface area (Å²) in [7, 11) is 0. The standard InChI is InChI=1S/C38H43FN2O4.C37H43BrFNO4/c1-23(2)35-31(18-17-28-20-29(44-38(6,7)43-28)21-33(42)45-37(3,4)5)34(26-13-15-27(39)16-14-26)30-10-8-9-25-12-11-24(22-40)19-32(25)36(30)41-35;1-22(2)34-30(18-17-27-20-28(43-37(6,7)42-27)21-32(41)44-36(3,4)5)33(24-12-15-26(39)16-13-24)29-10-8-9-23-11-14-25(38)19-31(23)35(29)40-34/h11-19,23,28-29H,8-10,20-21H2,1-7H3;11-19,22,27-28H,8-10,20-21H2,1-7H3/b2*18-17+/t28-,29-;27-,28-/m11/s1. The summed E-state index contributed by atoms with van der Waals surface area (Å²) < 4.78 is 65.3. The molecule has 2 aliphatic carbocycles. The largest absolute Gasteiger partial charge is 0.460 e. The topological polar surface area (TPSA) is 139 Å². The first-order valence-electron chi connectivity index (χ1n) is 31.4. The number of fused-ring (bicyclic) bond motifs is 6. The fourth-order valence-electron chi connectivity index (χ4n) is 12.7. The molecule has 2 aliphatic heterocycles. The van der Waals surface area contributed by atoms with Gasteiger partial charge < -0.3 is 28.4 Å². The summed E-state index contributed by atoms with van der Waals surface area (Å²) in [6.45, 7) is 27.2. The van der Waals surface area contributed by atoms with Crippen molar-refractivity contribution in [1.29, 1.82) is 5.26 Å². The highest BCUT2D eigenvalue weighted by molar-refractivity contribution is 9.10. The highest BCUT2D eigenvalue weighted by Gasteiger charge is 2.39. The molecule has 4 heterocycles. The molecule has 6 aromatic rings. The van der Waals surface area contributed by atoms with E-state index in [1.54, 1.807) is 0 Å². The number of hydrogen-bond donors (Lipinski definition) is 0. The Balaban J connectivity index is 0.000000211. The Hall–Kier alpha value is -6.73. The summed E-state index contributed by atoms with van der Waals surface area (Å²) in [5.74, 6) is -2.71. The van der Waals surface area contributed by atoms with Crippen LogP contribution in [-0.4, -0.2) is 69.1 Å². The van der Waals surface area contributed by atoms with Gasteiger partial charge >= 0.3 is 11.9 Å². The molecule has 2 aromatic heterocycles. The minimum atomic E-state index is -0.894. The lowest BCUT2D eigenvalue weighted by atomic mass is 9.86. The molecule has 2 saturated heterocycles. The van der Waals surface area contributed by atoms with Crippen LogP contribution in [0.15, 0.2) is 102 Å². The Kier molecular flexibility index (Phi) is 20.5. The van der Waals surface area contributed by atoms with Crippen LogP contribution in [-0.2, 0) is 63.7 Å². The summed E-state index contributed by atoms with van der Waals surface area (Å²) in [5, 5.41) is 9.69. The first-order valence-corrected chi connectivity index (χ1v) is 32.2. The third kappa shape index (κ3) is 17.0. The number of halogens is 3. The first kappa shape index (κ1) is 66.7. The lowest BCUT2D eigenvalue weighted by Crippen LogP contribution is -2.45. The van der Waals surface area contributed by atoms with Crippen LogP contribution in [0, 0.1) is 23.0 Å². The van der Waals surface area contributed by atoms with Gasteiger partial charge in [-0.05, 0) is 213 Å².